The maximum Gasteiger partial charge on any atom is 0.354 e. The third kappa shape index (κ3) is 1.57. The summed E-state index contributed by atoms with van der Waals surface area (Å²) in [4.78, 5) is 32.5. The second kappa shape index (κ2) is 3.46. The number of aliphatic hydroxyl groups is 1. The van der Waals surface area contributed by atoms with E-state index in [1.165, 1.54) is 7.05 Å². The highest BCUT2D eigenvalue weighted by molar-refractivity contribution is 5.69. The molecule has 2 N–H and O–H groups in total. The van der Waals surface area contributed by atoms with Crippen LogP contribution >= 0.6 is 0 Å². The minimum atomic E-state index is -1.98. The van der Waals surface area contributed by atoms with Crippen LogP contribution in [-0.2, 0) is 11.8 Å². The standard InChI is InChI=1S/C7H8N2O5/c1-8-4(10)2-3-9(7(8)14)5(11)6(12)13/h2-3,5,11H,1H3,(H,12,13). The number of rotatable bonds is 2. The van der Waals surface area contributed by atoms with E-state index >= 15 is 0 Å². The number of aliphatic hydroxyl groups excluding tert-OH is 1. The average Bonchev–Trinajstić information content (AvgIpc) is 2.13. The molecule has 0 saturated heterocycles. The zero-order chi connectivity index (χ0) is 10.9. The molecule has 0 amide bonds. The summed E-state index contributed by atoms with van der Waals surface area (Å²) >= 11 is 0. The molecule has 7 heteroatoms. The first-order valence-corrected chi connectivity index (χ1v) is 3.64. The molecule has 0 radical (unpaired) electrons. The second-order valence-electron chi connectivity index (χ2n) is 2.61. The van der Waals surface area contributed by atoms with Crippen LogP contribution in [0.1, 0.15) is 6.23 Å². The molecule has 0 aliphatic carbocycles. The molecule has 0 spiro atoms. The third-order valence-corrected chi connectivity index (χ3v) is 1.70. The largest absolute Gasteiger partial charge is 0.478 e. The Morgan fingerprint density at radius 1 is 1.50 bits per heavy atom. The Kier molecular flexibility index (Phi) is 2.52. The summed E-state index contributed by atoms with van der Waals surface area (Å²) in [6, 6.07) is 0.994. The van der Waals surface area contributed by atoms with Gasteiger partial charge in [-0.1, -0.05) is 0 Å². The molecule has 0 fully saturated rings. The van der Waals surface area contributed by atoms with Crippen molar-refractivity contribution >= 4 is 5.97 Å². The molecule has 1 aromatic heterocycles. The van der Waals surface area contributed by atoms with Gasteiger partial charge in [0, 0.05) is 19.3 Å². The van der Waals surface area contributed by atoms with Crippen LogP contribution in [0.4, 0.5) is 0 Å². The number of aliphatic carboxylic acids is 1. The van der Waals surface area contributed by atoms with Gasteiger partial charge in [0.15, 0.2) is 0 Å². The smallest absolute Gasteiger partial charge is 0.354 e. The Labute approximate surface area is 77.5 Å². The predicted molar refractivity (Wildman–Crippen MR) is 44.8 cm³/mol. The van der Waals surface area contributed by atoms with Crippen molar-refractivity contribution in [3.8, 4) is 0 Å². The van der Waals surface area contributed by atoms with Crippen LogP contribution in [-0.4, -0.2) is 25.3 Å². The lowest BCUT2D eigenvalue weighted by Gasteiger charge is -2.09. The SMILES string of the molecule is Cn1c(=O)ccn(C(O)C(=O)O)c1=O. The van der Waals surface area contributed by atoms with E-state index in [1.54, 1.807) is 0 Å². The summed E-state index contributed by atoms with van der Waals surface area (Å²) in [6.07, 6.45) is -1.04. The van der Waals surface area contributed by atoms with Gasteiger partial charge in [-0.25, -0.2) is 9.59 Å². The Bertz CT molecular complexity index is 472. The molecule has 14 heavy (non-hydrogen) atoms. The lowest BCUT2D eigenvalue weighted by molar-refractivity contribution is -0.152. The predicted octanol–water partition coefficient (Wildman–Crippen LogP) is -1.88. The van der Waals surface area contributed by atoms with Gasteiger partial charge in [0.25, 0.3) is 5.56 Å². The number of nitrogens with zero attached hydrogens (tertiary/aromatic N) is 2. The van der Waals surface area contributed by atoms with E-state index in [0.717, 1.165) is 12.3 Å². The molecular weight excluding hydrogens is 192 g/mol. The van der Waals surface area contributed by atoms with Crippen LogP contribution in [0.5, 0.6) is 0 Å². The fourth-order valence-corrected chi connectivity index (χ4v) is 0.892. The number of carbonyl (C=O) groups is 1. The quantitative estimate of drug-likeness (QED) is 0.582. The normalized spacial score (nSPS) is 12.4. The van der Waals surface area contributed by atoms with Crippen molar-refractivity contribution in [2.45, 2.75) is 6.23 Å². The van der Waals surface area contributed by atoms with E-state index in [0.29, 0.717) is 9.13 Å². The van der Waals surface area contributed by atoms with Gasteiger partial charge < -0.3 is 10.2 Å². The van der Waals surface area contributed by atoms with Crippen LogP contribution < -0.4 is 11.2 Å². The Balaban J connectivity index is 3.39. The average molecular weight is 200 g/mol. The molecular formula is C7H8N2O5. The van der Waals surface area contributed by atoms with Gasteiger partial charge in [-0.2, -0.15) is 0 Å². The van der Waals surface area contributed by atoms with Crippen LogP contribution in [0.2, 0.25) is 0 Å². The number of hydrogen-bond donors (Lipinski definition) is 2. The summed E-state index contributed by atoms with van der Waals surface area (Å²) in [5.41, 5.74) is -1.45. The first-order valence-electron chi connectivity index (χ1n) is 3.64. The summed E-state index contributed by atoms with van der Waals surface area (Å²) in [6.45, 7) is 0. The number of carboxylic acid groups (broad SMARTS) is 1. The molecule has 0 aliphatic rings. The third-order valence-electron chi connectivity index (χ3n) is 1.70. The van der Waals surface area contributed by atoms with Gasteiger partial charge in [0.1, 0.15) is 0 Å². The summed E-state index contributed by atoms with van der Waals surface area (Å²) in [5.74, 6) is -1.56. The maximum absolute atomic E-state index is 11.2. The number of aromatic nitrogens is 2. The number of hydrogen-bond acceptors (Lipinski definition) is 4. The van der Waals surface area contributed by atoms with Crippen LogP contribution in [0, 0.1) is 0 Å². The Morgan fingerprint density at radius 2 is 2.07 bits per heavy atom. The highest BCUT2D eigenvalue weighted by atomic mass is 16.4. The van der Waals surface area contributed by atoms with Gasteiger partial charge in [-0.15, -0.1) is 0 Å². The van der Waals surface area contributed by atoms with E-state index in [2.05, 4.69) is 0 Å². The highest BCUT2D eigenvalue weighted by Crippen LogP contribution is 1.95. The van der Waals surface area contributed by atoms with Gasteiger partial charge in [-0.05, 0) is 0 Å². The molecule has 1 aromatic rings. The van der Waals surface area contributed by atoms with E-state index < -0.39 is 23.4 Å². The monoisotopic (exact) mass is 200 g/mol. The molecule has 0 saturated carbocycles. The van der Waals surface area contributed by atoms with Crippen molar-refractivity contribution in [1.82, 2.24) is 9.13 Å². The molecule has 0 aliphatic heterocycles. The van der Waals surface area contributed by atoms with Gasteiger partial charge in [0.2, 0.25) is 6.23 Å². The fraction of sp³-hybridized carbons (Fsp3) is 0.286. The number of carboxylic acids is 1. The lowest BCUT2D eigenvalue weighted by atomic mass is 10.5. The van der Waals surface area contributed by atoms with Crippen LogP contribution in [0.25, 0.3) is 0 Å². The van der Waals surface area contributed by atoms with Gasteiger partial charge in [-0.3, -0.25) is 13.9 Å². The van der Waals surface area contributed by atoms with Crippen molar-refractivity contribution in [3.63, 3.8) is 0 Å². The van der Waals surface area contributed by atoms with E-state index in [9.17, 15) is 14.4 Å². The van der Waals surface area contributed by atoms with Crippen molar-refractivity contribution < 1.29 is 15.0 Å². The zero-order valence-electron chi connectivity index (χ0n) is 7.25. The van der Waals surface area contributed by atoms with Crippen LogP contribution in [0.3, 0.4) is 0 Å². The second-order valence-corrected chi connectivity index (χ2v) is 2.61. The molecule has 1 heterocycles. The molecule has 0 bridgehead atoms. The molecule has 7 nitrogen and oxygen atoms in total. The van der Waals surface area contributed by atoms with Crippen molar-refractivity contribution in [3.05, 3.63) is 33.1 Å². The molecule has 1 rings (SSSR count). The minimum Gasteiger partial charge on any atom is -0.478 e. The van der Waals surface area contributed by atoms with Crippen molar-refractivity contribution in [1.29, 1.82) is 0 Å². The maximum atomic E-state index is 11.2. The topological polar surface area (TPSA) is 102 Å². The molecule has 1 unspecified atom stereocenters. The first-order chi connectivity index (χ1) is 6.45. The summed E-state index contributed by atoms with van der Waals surface area (Å²) in [5, 5.41) is 17.5. The summed E-state index contributed by atoms with van der Waals surface area (Å²) in [7, 11) is 1.19. The van der Waals surface area contributed by atoms with Gasteiger partial charge >= 0.3 is 11.7 Å². The molecule has 76 valence electrons. The molecule has 0 aromatic carbocycles. The van der Waals surface area contributed by atoms with E-state index in [4.69, 9.17) is 10.2 Å². The highest BCUT2D eigenvalue weighted by Gasteiger charge is 2.17. The lowest BCUT2D eigenvalue weighted by Crippen LogP contribution is -2.40. The van der Waals surface area contributed by atoms with Crippen molar-refractivity contribution in [2.24, 2.45) is 7.05 Å². The minimum absolute atomic E-state index is 0.545. The zero-order valence-corrected chi connectivity index (χ0v) is 7.25. The van der Waals surface area contributed by atoms with E-state index in [1.807, 2.05) is 0 Å². The Hall–Kier alpha value is -1.89. The van der Waals surface area contributed by atoms with Crippen LogP contribution in [0.15, 0.2) is 21.9 Å². The summed E-state index contributed by atoms with van der Waals surface area (Å²) < 4.78 is 1.25. The van der Waals surface area contributed by atoms with E-state index in [-0.39, 0.29) is 0 Å². The fourth-order valence-electron chi connectivity index (χ4n) is 0.892. The van der Waals surface area contributed by atoms with Crippen molar-refractivity contribution in [2.75, 3.05) is 0 Å². The Morgan fingerprint density at radius 3 is 2.57 bits per heavy atom. The van der Waals surface area contributed by atoms with Gasteiger partial charge in [0.05, 0.1) is 0 Å². The molecule has 1 atom stereocenters. The first kappa shape index (κ1) is 10.2.